The number of para-hydroxylation sites is 1. The quantitative estimate of drug-likeness (QED) is 0.0642. The summed E-state index contributed by atoms with van der Waals surface area (Å²) in [4.78, 5) is 41.3. The molecule has 0 bridgehead atoms. The Morgan fingerprint density at radius 3 is 2.55 bits per heavy atom. The van der Waals surface area contributed by atoms with E-state index < -0.39 is 43.1 Å². The molecule has 74 heavy (non-hydrogen) atoms. The number of amides is 1. The first-order chi connectivity index (χ1) is 35.5. The molecule has 11 rings (SSSR count). The van der Waals surface area contributed by atoms with Crippen molar-refractivity contribution in [2.75, 3.05) is 61.1 Å². The largest absolute Gasteiger partial charge is 0.491 e. The maximum absolute atomic E-state index is 14.8. The summed E-state index contributed by atoms with van der Waals surface area (Å²) in [6, 6.07) is 21.7. The lowest BCUT2D eigenvalue weighted by atomic mass is 9.59. The van der Waals surface area contributed by atoms with Crippen LogP contribution in [-0.2, 0) is 19.5 Å². The van der Waals surface area contributed by atoms with Gasteiger partial charge >= 0.3 is 0 Å². The van der Waals surface area contributed by atoms with E-state index in [9.17, 15) is 28.4 Å². The molecule has 394 valence electrons. The van der Waals surface area contributed by atoms with Crippen LogP contribution >= 0.6 is 0 Å². The van der Waals surface area contributed by atoms with E-state index in [1.807, 2.05) is 44.2 Å². The van der Waals surface area contributed by atoms with Gasteiger partial charge in [0.1, 0.15) is 28.9 Å². The highest BCUT2D eigenvalue weighted by Gasteiger charge is 2.50. The van der Waals surface area contributed by atoms with E-state index in [1.54, 1.807) is 12.3 Å². The maximum atomic E-state index is 14.8. The molecule has 3 saturated heterocycles. The van der Waals surface area contributed by atoms with Gasteiger partial charge in [0, 0.05) is 61.1 Å². The second kappa shape index (κ2) is 19.9. The molecule has 18 nitrogen and oxygen atoms in total. The zero-order valence-electron chi connectivity index (χ0n) is 42.6. The van der Waals surface area contributed by atoms with Crippen LogP contribution < -0.4 is 29.3 Å². The Morgan fingerprint density at radius 1 is 1.00 bits per heavy atom. The van der Waals surface area contributed by atoms with Crippen LogP contribution in [0.4, 0.5) is 28.4 Å². The Kier molecular flexibility index (Phi) is 13.5. The number of sulfonamides is 1. The van der Waals surface area contributed by atoms with Gasteiger partial charge in [-0.25, -0.2) is 13.1 Å². The number of benzene rings is 3. The minimum atomic E-state index is -4.64. The normalized spacial score (nSPS) is 26.2. The molecule has 6 aliphatic rings. The van der Waals surface area contributed by atoms with Gasteiger partial charge in [-0.15, -0.1) is 0 Å². The number of carbonyl (C=O) groups excluding carboxylic acids is 1. The molecule has 2 aromatic heterocycles. The Bertz CT molecular complexity index is 3010. The SMILES string of the molecule is CC(C)Oc1ccccc1[C@@H]1COCCN1C1CC2(CCN(c3ccc(C(=O)NS(=O)(=O)c4ccc(NCC5CCC(C)(O)CC5)c([N+](=O)[O-])c4)c(N4c5cc6cc[nH]c6nc5O[C@H]5CO[C@H](C)C[C@@H]54)c3)CC2)C1. The summed E-state index contributed by atoms with van der Waals surface area (Å²) in [6.45, 7) is 12.5. The number of morpholine rings is 1. The van der Waals surface area contributed by atoms with Crippen molar-refractivity contribution >= 4 is 55.4 Å². The number of nitrogens with zero attached hydrogens (tertiary/aromatic N) is 5. The third kappa shape index (κ3) is 10.0. The van der Waals surface area contributed by atoms with E-state index >= 15 is 0 Å². The van der Waals surface area contributed by atoms with E-state index in [0.717, 1.165) is 81.0 Å². The van der Waals surface area contributed by atoms with Crippen LogP contribution in [-0.4, -0.2) is 121 Å². The van der Waals surface area contributed by atoms with E-state index in [2.05, 4.69) is 61.8 Å². The number of hydrogen-bond donors (Lipinski definition) is 4. The van der Waals surface area contributed by atoms with E-state index in [4.69, 9.17) is 23.9 Å². The first-order valence-electron chi connectivity index (χ1n) is 26.4. The number of nitro groups is 1. The topological polar surface area (TPSA) is 214 Å². The van der Waals surface area contributed by atoms with Crippen molar-refractivity contribution in [2.45, 2.75) is 132 Å². The third-order valence-electron chi connectivity index (χ3n) is 16.6. The summed E-state index contributed by atoms with van der Waals surface area (Å²) in [5.41, 5.74) is 3.17. The fourth-order valence-electron chi connectivity index (χ4n) is 12.5. The second-order valence-corrected chi connectivity index (χ2v) is 23.9. The molecule has 1 amide bonds. The Hall–Kier alpha value is -5.99. The summed E-state index contributed by atoms with van der Waals surface area (Å²) in [6.07, 6.45) is 8.82. The first-order valence-corrected chi connectivity index (χ1v) is 27.9. The fourth-order valence-corrected chi connectivity index (χ4v) is 13.5. The van der Waals surface area contributed by atoms with Gasteiger partial charge < -0.3 is 44.2 Å². The number of aliphatic hydroxyl groups is 1. The summed E-state index contributed by atoms with van der Waals surface area (Å²) < 4.78 is 55.8. The van der Waals surface area contributed by atoms with Crippen LogP contribution in [0, 0.1) is 21.4 Å². The van der Waals surface area contributed by atoms with E-state index in [-0.39, 0.29) is 53.5 Å². The smallest absolute Gasteiger partial charge is 0.293 e. The molecule has 2 saturated carbocycles. The molecule has 5 fully saturated rings. The Morgan fingerprint density at radius 2 is 1.78 bits per heavy atom. The van der Waals surface area contributed by atoms with Gasteiger partial charge in [-0.1, -0.05) is 18.2 Å². The third-order valence-corrected chi connectivity index (χ3v) is 18.0. The number of anilines is 4. The van der Waals surface area contributed by atoms with Crippen molar-refractivity contribution < 1.29 is 42.2 Å². The van der Waals surface area contributed by atoms with Gasteiger partial charge in [-0.05, 0) is 145 Å². The Balaban J connectivity index is 0.867. The summed E-state index contributed by atoms with van der Waals surface area (Å²) in [7, 11) is -4.64. The highest BCUT2D eigenvalue weighted by Crippen LogP contribution is 2.54. The number of rotatable bonds is 13. The lowest BCUT2D eigenvalue weighted by Crippen LogP contribution is -2.58. The molecule has 5 aromatic rings. The van der Waals surface area contributed by atoms with Crippen molar-refractivity contribution in [3.05, 3.63) is 100 Å². The zero-order valence-corrected chi connectivity index (χ0v) is 43.4. The lowest BCUT2D eigenvalue weighted by Gasteiger charge is -2.57. The zero-order chi connectivity index (χ0) is 51.5. The van der Waals surface area contributed by atoms with Crippen LogP contribution in [0.3, 0.4) is 0 Å². The number of nitrogens with one attached hydrogen (secondary N) is 3. The molecule has 4 N–H and O–H groups in total. The van der Waals surface area contributed by atoms with Crippen LogP contribution in [0.1, 0.15) is 107 Å². The molecule has 4 atom stereocenters. The van der Waals surface area contributed by atoms with Crippen LogP contribution in [0.25, 0.3) is 11.0 Å². The number of aromatic amines is 1. The first kappa shape index (κ1) is 50.2. The average Bonchev–Trinajstić information content (AvgIpc) is 3.84. The predicted molar refractivity (Wildman–Crippen MR) is 281 cm³/mol. The molecule has 0 radical (unpaired) electrons. The molecular formula is C55H68N8O10S. The molecule has 6 heterocycles. The lowest BCUT2D eigenvalue weighted by molar-refractivity contribution is -0.384. The van der Waals surface area contributed by atoms with Crippen molar-refractivity contribution in [1.82, 2.24) is 19.6 Å². The number of H-pyrrole nitrogens is 1. The van der Waals surface area contributed by atoms with Crippen molar-refractivity contribution in [3.8, 4) is 11.6 Å². The van der Waals surface area contributed by atoms with Gasteiger partial charge in [0.25, 0.3) is 21.6 Å². The minimum Gasteiger partial charge on any atom is -0.491 e. The van der Waals surface area contributed by atoms with Crippen molar-refractivity contribution in [1.29, 1.82) is 0 Å². The number of fused-ring (bicyclic) bond motifs is 3. The number of pyridine rings is 1. The highest BCUT2D eigenvalue weighted by atomic mass is 32.2. The number of aromatic nitrogens is 2. The highest BCUT2D eigenvalue weighted by molar-refractivity contribution is 7.90. The molecule has 2 aliphatic carbocycles. The van der Waals surface area contributed by atoms with Gasteiger partial charge in [-0.2, -0.15) is 4.98 Å². The van der Waals surface area contributed by atoms with Crippen LogP contribution in [0.5, 0.6) is 11.6 Å². The van der Waals surface area contributed by atoms with Gasteiger partial charge in [0.05, 0.1) is 70.8 Å². The fraction of sp³-hybridized carbons (Fsp3) is 0.527. The summed E-state index contributed by atoms with van der Waals surface area (Å²) in [5, 5.41) is 26.8. The molecule has 0 unspecified atom stereocenters. The van der Waals surface area contributed by atoms with Gasteiger partial charge in [0.2, 0.25) is 5.88 Å². The monoisotopic (exact) mass is 1030 g/mol. The van der Waals surface area contributed by atoms with E-state index in [0.29, 0.717) is 68.0 Å². The number of ether oxygens (including phenoxy) is 4. The van der Waals surface area contributed by atoms with Gasteiger partial charge in [-0.3, -0.25) is 19.8 Å². The molecular weight excluding hydrogens is 965 g/mol. The van der Waals surface area contributed by atoms with E-state index in [1.165, 1.54) is 17.7 Å². The maximum Gasteiger partial charge on any atom is 0.293 e. The number of piperidine rings is 1. The second-order valence-electron chi connectivity index (χ2n) is 22.2. The number of carbonyl (C=O) groups is 1. The van der Waals surface area contributed by atoms with Crippen LogP contribution in [0.15, 0.2) is 83.9 Å². The van der Waals surface area contributed by atoms with Crippen molar-refractivity contribution in [2.24, 2.45) is 11.3 Å². The minimum absolute atomic E-state index is 0.0651. The molecule has 1 spiro atoms. The average molecular weight is 1030 g/mol. The van der Waals surface area contributed by atoms with Gasteiger partial charge in [0.15, 0.2) is 0 Å². The predicted octanol–water partition coefficient (Wildman–Crippen LogP) is 8.63. The summed E-state index contributed by atoms with van der Waals surface area (Å²) in [5.74, 6) is 0.581. The number of nitro benzene ring substituents is 1. The summed E-state index contributed by atoms with van der Waals surface area (Å²) >= 11 is 0. The Labute approximate surface area is 432 Å². The molecule has 3 aromatic carbocycles. The molecule has 4 aliphatic heterocycles. The van der Waals surface area contributed by atoms with Crippen molar-refractivity contribution in [3.63, 3.8) is 0 Å². The number of hydrogen-bond acceptors (Lipinski definition) is 15. The standard InChI is InChI=1S/C55H68N8O10S/c1-34(2)72-49-8-6-5-7-41(49)48-32-70-24-23-61(48)39-29-55(30-39)18-21-60(22-19-55)38-9-11-42(44(27-38)62-46-25-35(3)71-33-50(46)73-53-47(62)26-37-15-20-56-51(37)58-53)52(64)59-74(68,69)40-10-12-43(45(28-40)63(66)67)57-31-36-13-16-54(4,65)17-14-36/h5-12,15,20,26-28,34-36,39,46,48,50,57,65H,13-14,16-19,21-25,29-33H2,1-4H3,(H,56,58)(H,59,64)/t35-,36?,46+,48+,50+,54?/m1/s1. The molecule has 19 heteroatoms. The van der Waals surface area contributed by atoms with Crippen LogP contribution in [0.2, 0.25) is 0 Å².